The van der Waals surface area contributed by atoms with Crippen LogP contribution in [-0.4, -0.2) is 56.4 Å². The molecule has 0 aromatic heterocycles. The maximum absolute atomic E-state index is 11.2. The molecule has 1 fully saturated rings. The van der Waals surface area contributed by atoms with E-state index in [0.717, 1.165) is 36.6 Å². The van der Waals surface area contributed by atoms with Gasteiger partial charge in [-0.05, 0) is 50.6 Å². The molecule has 0 spiro atoms. The molecule has 0 bridgehead atoms. The van der Waals surface area contributed by atoms with E-state index in [4.69, 9.17) is 23.3 Å². The highest BCUT2D eigenvalue weighted by atomic mass is 31.2. The highest BCUT2D eigenvalue weighted by Gasteiger charge is 2.35. The Bertz CT molecular complexity index is 705. The predicted octanol–water partition coefficient (Wildman–Crippen LogP) is 4.10. The molecule has 0 saturated carbocycles. The molecule has 3 atom stereocenters. The predicted molar refractivity (Wildman–Crippen MR) is 118 cm³/mol. The van der Waals surface area contributed by atoms with E-state index in [2.05, 4.69) is 11.9 Å². The van der Waals surface area contributed by atoms with Crippen LogP contribution in [0.1, 0.15) is 33.1 Å². The fourth-order valence-electron chi connectivity index (χ4n) is 3.54. The van der Waals surface area contributed by atoms with Gasteiger partial charge in [-0.1, -0.05) is 26.0 Å². The van der Waals surface area contributed by atoms with E-state index >= 15 is 0 Å². The molecule has 3 rings (SSSR count). The Kier molecular flexibility index (Phi) is 10.5. The van der Waals surface area contributed by atoms with Crippen LogP contribution in [0.4, 0.5) is 0 Å². The Morgan fingerprint density at radius 2 is 1.87 bits per heavy atom. The molecule has 0 radical (unpaired) electrons. The van der Waals surface area contributed by atoms with Gasteiger partial charge < -0.3 is 28.5 Å². The minimum absolute atomic E-state index is 0.213. The van der Waals surface area contributed by atoms with E-state index < -0.39 is 8.60 Å². The number of benzene rings is 1. The summed E-state index contributed by atoms with van der Waals surface area (Å²) in [5, 5.41) is 0. The molecule has 1 aliphatic carbocycles. The standard InChI is InChI=1S/C14H24NO5P.C8H10O2/c1-10(2)14(16)18-9-19-21(17)20-12-5-4-11-6-7-15(3)13(11)8-12;1-9-7-5-3-4-6-8(7)10-2/h5,10-11,13,17H,4,6-9H2,1-3H3;3-6H,1-2H3. The summed E-state index contributed by atoms with van der Waals surface area (Å²) in [4.78, 5) is 23.3. The first-order valence-corrected chi connectivity index (χ1v) is 11.5. The molecule has 1 aromatic rings. The molecule has 1 saturated heterocycles. The van der Waals surface area contributed by atoms with Gasteiger partial charge in [-0.25, -0.2) is 0 Å². The smallest absolute Gasteiger partial charge is 0.397 e. The van der Waals surface area contributed by atoms with Crippen molar-refractivity contribution in [2.75, 3.05) is 34.6 Å². The van der Waals surface area contributed by atoms with Crippen molar-refractivity contribution in [2.45, 2.75) is 39.2 Å². The average molecular weight is 455 g/mol. The number of hydrogen-bond acceptors (Lipinski definition) is 8. The molecule has 0 amide bonds. The number of carbonyl (C=O) groups is 1. The lowest BCUT2D eigenvalue weighted by atomic mass is 9.89. The first kappa shape index (κ1) is 25.4. The van der Waals surface area contributed by atoms with Gasteiger partial charge in [0.2, 0.25) is 6.79 Å². The number of nitrogens with zero attached hydrogens (tertiary/aromatic N) is 1. The summed E-state index contributed by atoms with van der Waals surface area (Å²) in [5.74, 6) is 2.44. The van der Waals surface area contributed by atoms with E-state index in [9.17, 15) is 9.69 Å². The van der Waals surface area contributed by atoms with Gasteiger partial charge >= 0.3 is 14.6 Å². The topological polar surface area (TPSA) is 86.7 Å². The molecule has 1 N–H and O–H groups in total. The second-order valence-corrected chi connectivity index (χ2v) is 8.67. The van der Waals surface area contributed by atoms with E-state index in [0.29, 0.717) is 12.0 Å². The zero-order chi connectivity index (χ0) is 22.8. The van der Waals surface area contributed by atoms with E-state index in [1.54, 1.807) is 28.1 Å². The summed E-state index contributed by atoms with van der Waals surface area (Å²) in [7, 11) is 3.32. The molecule has 9 heteroatoms. The number of rotatable bonds is 8. The molecule has 8 nitrogen and oxygen atoms in total. The molecule has 1 heterocycles. The number of esters is 1. The Morgan fingerprint density at radius 1 is 1.23 bits per heavy atom. The second-order valence-electron chi connectivity index (χ2n) is 7.76. The SMILES string of the molecule is CC(C)C(=O)OCOP(O)OC1=CCC2CCN(C)C2C1.COc1ccccc1OC. The van der Waals surface area contributed by atoms with Crippen molar-refractivity contribution >= 4 is 14.6 Å². The zero-order valence-electron chi connectivity index (χ0n) is 18.9. The quantitative estimate of drug-likeness (QED) is 0.356. The highest BCUT2D eigenvalue weighted by molar-refractivity contribution is 7.40. The number of para-hydroxylation sites is 2. The van der Waals surface area contributed by atoms with Crippen LogP contribution in [0.3, 0.4) is 0 Å². The van der Waals surface area contributed by atoms with Gasteiger partial charge in [0.15, 0.2) is 11.5 Å². The van der Waals surface area contributed by atoms with Crippen LogP contribution < -0.4 is 9.47 Å². The van der Waals surface area contributed by atoms with Crippen molar-refractivity contribution in [1.29, 1.82) is 0 Å². The van der Waals surface area contributed by atoms with Gasteiger partial charge in [0.25, 0.3) is 0 Å². The van der Waals surface area contributed by atoms with Gasteiger partial charge in [-0.15, -0.1) is 0 Å². The minimum Gasteiger partial charge on any atom is -0.493 e. The van der Waals surface area contributed by atoms with Gasteiger partial charge in [-0.2, -0.15) is 0 Å². The van der Waals surface area contributed by atoms with Crippen LogP contribution in [0, 0.1) is 11.8 Å². The molecule has 31 heavy (non-hydrogen) atoms. The number of allylic oxidation sites excluding steroid dienone is 1. The molecule has 3 unspecified atom stereocenters. The number of likely N-dealkylation sites (tertiary alicyclic amines) is 1. The van der Waals surface area contributed by atoms with Gasteiger partial charge in [0.1, 0.15) is 5.76 Å². The average Bonchev–Trinajstić information content (AvgIpc) is 3.14. The number of hydrogen-bond donors (Lipinski definition) is 1. The van der Waals surface area contributed by atoms with Crippen molar-refractivity contribution in [2.24, 2.45) is 11.8 Å². The Labute approximate surface area is 186 Å². The van der Waals surface area contributed by atoms with Crippen molar-refractivity contribution in [3.05, 3.63) is 36.1 Å². The molecular formula is C22H34NO7P. The molecule has 1 aliphatic heterocycles. The molecule has 174 valence electrons. The van der Waals surface area contributed by atoms with E-state index in [1.165, 1.54) is 6.42 Å². The molecule has 1 aromatic carbocycles. The zero-order valence-corrected chi connectivity index (χ0v) is 19.8. The number of methoxy groups -OCH3 is 2. The first-order chi connectivity index (χ1) is 14.8. The van der Waals surface area contributed by atoms with Crippen molar-refractivity contribution in [3.8, 4) is 11.5 Å². The summed E-state index contributed by atoms with van der Waals surface area (Å²) in [6.45, 7) is 4.31. The third kappa shape index (κ3) is 7.96. The third-order valence-corrected chi connectivity index (χ3v) is 6.06. The normalized spacial score (nSPS) is 21.3. The second kappa shape index (κ2) is 12.9. The molecule has 2 aliphatic rings. The van der Waals surface area contributed by atoms with E-state index in [-0.39, 0.29) is 18.7 Å². The van der Waals surface area contributed by atoms with Gasteiger partial charge in [0, 0.05) is 12.5 Å². The lowest BCUT2D eigenvalue weighted by molar-refractivity contribution is -0.154. The van der Waals surface area contributed by atoms with E-state index in [1.807, 2.05) is 30.3 Å². The van der Waals surface area contributed by atoms with Crippen LogP contribution in [0.5, 0.6) is 11.5 Å². The summed E-state index contributed by atoms with van der Waals surface area (Å²) in [6, 6.07) is 8.02. The van der Waals surface area contributed by atoms with Crippen LogP contribution in [-0.2, 0) is 18.6 Å². The fourth-order valence-corrected chi connectivity index (χ4v) is 4.09. The Morgan fingerprint density at radius 3 is 2.45 bits per heavy atom. The third-order valence-electron chi connectivity index (χ3n) is 5.34. The van der Waals surface area contributed by atoms with Crippen LogP contribution >= 0.6 is 8.60 Å². The van der Waals surface area contributed by atoms with Crippen LogP contribution in [0.15, 0.2) is 36.1 Å². The highest BCUT2D eigenvalue weighted by Crippen LogP contribution is 2.42. The number of carbonyl (C=O) groups excluding carboxylic acids is 1. The van der Waals surface area contributed by atoms with Crippen molar-refractivity contribution < 1.29 is 32.9 Å². The number of ether oxygens (including phenoxy) is 3. The van der Waals surface area contributed by atoms with Gasteiger partial charge in [0.05, 0.1) is 20.1 Å². The lowest BCUT2D eigenvalue weighted by Gasteiger charge is -2.29. The first-order valence-electron chi connectivity index (χ1n) is 10.4. The monoisotopic (exact) mass is 455 g/mol. The Hall–Kier alpha value is -1.86. The van der Waals surface area contributed by atoms with Gasteiger partial charge in [-0.3, -0.25) is 9.32 Å². The summed E-state index contributed by atoms with van der Waals surface area (Å²) in [5.41, 5.74) is 0. The van der Waals surface area contributed by atoms with Crippen LogP contribution in [0.2, 0.25) is 0 Å². The Balaban J connectivity index is 0.000000285. The van der Waals surface area contributed by atoms with Crippen molar-refractivity contribution in [3.63, 3.8) is 0 Å². The maximum Gasteiger partial charge on any atom is 0.397 e. The summed E-state index contributed by atoms with van der Waals surface area (Å²) < 4.78 is 25.3. The minimum atomic E-state index is -2.05. The summed E-state index contributed by atoms with van der Waals surface area (Å²) in [6.07, 6.45) is 5.04. The lowest BCUT2D eigenvalue weighted by Crippen LogP contribution is -2.31. The molecular weight excluding hydrogens is 421 g/mol. The van der Waals surface area contributed by atoms with Crippen molar-refractivity contribution in [1.82, 2.24) is 4.90 Å². The number of fused-ring (bicyclic) bond motifs is 1. The maximum atomic E-state index is 11.2. The largest absolute Gasteiger partial charge is 0.493 e. The fraction of sp³-hybridized carbons (Fsp3) is 0.591. The summed E-state index contributed by atoms with van der Waals surface area (Å²) >= 11 is 0. The van der Waals surface area contributed by atoms with Crippen LogP contribution in [0.25, 0.3) is 0 Å².